The number of carbonyl (C=O) groups is 6. The van der Waals surface area contributed by atoms with Crippen molar-refractivity contribution >= 4 is 57.2 Å². The van der Waals surface area contributed by atoms with Crippen molar-refractivity contribution in [1.82, 2.24) is 29.6 Å². The molecule has 6 heterocycles. The predicted molar refractivity (Wildman–Crippen MR) is 337 cm³/mol. The minimum atomic E-state index is -0.811. The van der Waals surface area contributed by atoms with Gasteiger partial charge in [0.1, 0.15) is 41.2 Å². The average molecular weight is 1230 g/mol. The van der Waals surface area contributed by atoms with Crippen LogP contribution >= 0.6 is 0 Å². The molecule has 0 bridgehead atoms. The van der Waals surface area contributed by atoms with Crippen LogP contribution in [0.5, 0.6) is 23.0 Å². The number of ketones is 1. The second-order valence-corrected chi connectivity index (χ2v) is 25.7. The number of piperidine rings is 2. The first kappa shape index (κ1) is 71.5. The number of amides is 4. The molecule has 0 radical (unpaired) electrons. The van der Waals surface area contributed by atoms with E-state index in [1.54, 1.807) is 24.0 Å². The quantitative estimate of drug-likeness (QED) is 0.0895. The molecule has 4 fully saturated rings. The number of benzene rings is 4. The van der Waals surface area contributed by atoms with Crippen molar-refractivity contribution in [1.29, 1.82) is 0 Å². The number of rotatable bonds is 16. The molecular formula is C70H87FLiN6O12-. The molecule has 10 rings (SSSR count). The zero-order valence-electron chi connectivity index (χ0n) is 54.2. The van der Waals surface area contributed by atoms with Crippen LogP contribution in [0.3, 0.4) is 0 Å². The summed E-state index contributed by atoms with van der Waals surface area (Å²) in [6.45, 7) is 16.8. The molecule has 4 amide bonds. The summed E-state index contributed by atoms with van der Waals surface area (Å²) in [7, 11) is 4.56. The molecule has 6 atom stereocenters. The van der Waals surface area contributed by atoms with Gasteiger partial charge in [0.2, 0.25) is 23.6 Å². The second kappa shape index (κ2) is 31.4. The number of esters is 1. The van der Waals surface area contributed by atoms with Crippen molar-refractivity contribution in [3.8, 4) is 45.5 Å². The van der Waals surface area contributed by atoms with E-state index >= 15 is 0 Å². The summed E-state index contributed by atoms with van der Waals surface area (Å²) in [5.74, 6) is 0.540. The number of hydrogen-bond donors (Lipinski definition) is 0. The van der Waals surface area contributed by atoms with Crippen LogP contribution in [0.15, 0.2) is 109 Å². The fourth-order valence-corrected chi connectivity index (χ4v) is 12.5. The van der Waals surface area contributed by atoms with E-state index in [-0.39, 0.29) is 90.8 Å². The van der Waals surface area contributed by atoms with Crippen LogP contribution in [-0.4, -0.2) is 155 Å². The molecule has 4 aromatic carbocycles. The minimum Gasteiger partial charge on any atom is -1.00 e. The molecule has 18 nitrogen and oxygen atoms in total. The Labute approximate surface area is 540 Å². The third-order valence-electron chi connectivity index (χ3n) is 17.6. The zero-order valence-corrected chi connectivity index (χ0v) is 54.2. The Morgan fingerprint density at radius 2 is 0.911 bits per heavy atom. The van der Waals surface area contributed by atoms with Crippen LogP contribution in [0.2, 0.25) is 0 Å². The molecule has 6 aromatic rings. The smallest absolute Gasteiger partial charge is 1.00 e. The van der Waals surface area contributed by atoms with Crippen molar-refractivity contribution in [2.24, 2.45) is 22.7 Å². The molecule has 4 aliphatic heterocycles. The fraction of sp³-hybridized carbons (Fsp3) is 0.486. The number of Topliss-reactive ketones (excluding diaryl/α,β-unsaturated/α-hetero) is 1. The van der Waals surface area contributed by atoms with Gasteiger partial charge in [0, 0.05) is 98.0 Å². The minimum absolute atomic E-state index is 0. The van der Waals surface area contributed by atoms with E-state index in [9.17, 15) is 28.8 Å². The second-order valence-electron chi connectivity index (χ2n) is 25.7. The molecule has 4 saturated heterocycles. The number of aromatic nitrogens is 2. The number of halogens is 1. The van der Waals surface area contributed by atoms with Crippen molar-refractivity contribution in [2.45, 2.75) is 137 Å². The Balaban J connectivity index is 0.000000277. The van der Waals surface area contributed by atoms with Gasteiger partial charge in [-0.2, -0.15) is 0 Å². The van der Waals surface area contributed by atoms with Gasteiger partial charge in [-0.05, 0) is 80.5 Å². The molecule has 0 spiro atoms. The summed E-state index contributed by atoms with van der Waals surface area (Å²) in [5.41, 5.74) is 3.88. The van der Waals surface area contributed by atoms with Crippen LogP contribution < -0.4 is 42.5 Å². The molecule has 0 unspecified atom stereocenters. The monoisotopic (exact) mass is 1230 g/mol. The number of ether oxygens (including phenoxy) is 5. The van der Waals surface area contributed by atoms with Crippen molar-refractivity contribution in [3.63, 3.8) is 0 Å². The third kappa shape index (κ3) is 17.1. The predicted octanol–water partition coefficient (Wildman–Crippen LogP) is 5.24. The number of carbonyl (C=O) groups excluding carboxylic acids is 6. The van der Waals surface area contributed by atoms with Gasteiger partial charge in [0.15, 0.2) is 5.78 Å². The van der Waals surface area contributed by atoms with Crippen molar-refractivity contribution in [2.75, 3.05) is 60.6 Å². The van der Waals surface area contributed by atoms with E-state index in [0.717, 1.165) is 104 Å². The van der Waals surface area contributed by atoms with Crippen molar-refractivity contribution in [3.05, 3.63) is 109 Å². The molecule has 4 aliphatic rings. The van der Waals surface area contributed by atoms with Crippen LogP contribution in [0.1, 0.15) is 113 Å². The van der Waals surface area contributed by atoms with Gasteiger partial charge < -0.3 is 53.5 Å². The summed E-state index contributed by atoms with van der Waals surface area (Å²) < 4.78 is 29.3. The maximum absolute atomic E-state index is 14.2. The Morgan fingerprint density at radius 1 is 0.533 bits per heavy atom. The maximum atomic E-state index is 14.2. The maximum Gasteiger partial charge on any atom is 1.00 e. The van der Waals surface area contributed by atoms with Gasteiger partial charge in [-0.15, -0.1) is 0 Å². The first-order chi connectivity index (χ1) is 41.6. The number of likely N-dealkylation sites (tertiary alicyclic amines) is 4. The summed E-state index contributed by atoms with van der Waals surface area (Å²) >= 11 is 0. The standard InChI is InChI=1S/C35H43N3O6.C35H43N3O5.FH.Li.H2O/c1-35(2,3)27(20-32(39)37-16-10-7-11-17-37)33(40)38-22-25(19-30(38)34(41)43-5)44-31-21-28(23-12-8-6-9-13-23)36-29-18-24(42-4)14-15-26(29)31;1-23(39)31-19-26(22-38(31)34(41)28(35(2,3)4)20-33(40)37-16-10-7-11-17-37)43-32-21-29(24-12-8-6-9-13-24)36-30-18-25(42-5)14-15-27(30)32;;;/h6,8-9,12-15,18,21,25,27,30H,7,10-11,16-17,19-20,22H2,1-5H3;6,8-9,12-15,18,21,26,28,31H,7,10-11,16-17,19-20,22H2,1-5H3;1H;;1H2/q;;;+1;/p-2/t25-,27-,30+;26-,28-,31+;;;/m11.../s1. The molecule has 2 aromatic heterocycles. The number of fused-ring (bicyclic) bond motifs is 2. The van der Waals surface area contributed by atoms with Crippen LogP contribution in [0.4, 0.5) is 0 Å². The van der Waals surface area contributed by atoms with E-state index in [2.05, 4.69) is 0 Å². The molecule has 0 saturated carbocycles. The molecular weight excluding hydrogens is 1140 g/mol. The van der Waals surface area contributed by atoms with E-state index < -0.39 is 52.9 Å². The molecule has 478 valence electrons. The molecule has 1 N–H and O–H groups in total. The van der Waals surface area contributed by atoms with E-state index in [4.69, 9.17) is 33.7 Å². The van der Waals surface area contributed by atoms with Gasteiger partial charge in [0.05, 0.1) is 74.7 Å². The fourth-order valence-electron chi connectivity index (χ4n) is 12.5. The van der Waals surface area contributed by atoms with Gasteiger partial charge in [0.25, 0.3) is 0 Å². The number of methoxy groups -OCH3 is 3. The topological polar surface area (TPSA) is 217 Å². The average Bonchev–Trinajstić information content (AvgIpc) is 1.43. The number of nitrogens with zero attached hydrogens (tertiary/aromatic N) is 6. The van der Waals surface area contributed by atoms with Gasteiger partial charge in [-0.25, -0.2) is 14.8 Å². The number of pyridine rings is 2. The Bertz CT molecular complexity index is 3440. The van der Waals surface area contributed by atoms with Gasteiger partial charge in [-0.3, -0.25) is 24.0 Å². The Kier molecular flexibility index (Phi) is 25.0. The molecule has 0 aliphatic carbocycles. The van der Waals surface area contributed by atoms with E-state index in [1.165, 1.54) is 14.0 Å². The van der Waals surface area contributed by atoms with E-state index in [0.29, 0.717) is 34.9 Å². The summed E-state index contributed by atoms with van der Waals surface area (Å²) in [6, 6.07) is 33.4. The first-order valence-electron chi connectivity index (χ1n) is 30.8. The summed E-state index contributed by atoms with van der Waals surface area (Å²) in [4.78, 5) is 97.6. The van der Waals surface area contributed by atoms with Crippen LogP contribution in [-0.2, 0) is 33.5 Å². The number of hydrogen-bond acceptors (Lipinski definition) is 14. The molecule has 20 heteroatoms. The third-order valence-corrected chi connectivity index (χ3v) is 17.6. The van der Waals surface area contributed by atoms with Gasteiger partial charge in [-0.1, -0.05) is 102 Å². The van der Waals surface area contributed by atoms with Crippen molar-refractivity contribution < 1.29 is 81.5 Å². The largest absolute Gasteiger partial charge is 1.00 e. The first-order valence-corrected chi connectivity index (χ1v) is 30.8. The SMILES string of the molecule is COC(=O)[C@@H]1C[C@@H](Oc2cc(-c3ccccc3)nc3cc(OC)ccc23)CN1C(=O)[C@@H](CC(=O)N1CCCCC1)C(C)(C)C.COc1ccc2c(O[C@@H]3C[C@@H](C(C)=O)N(C(=O)[C@@H](CC(=O)N4CCCCC4)C(C)(C)C)C3)cc(-c3ccccc3)nc2c1.[F-].[Li+].[OH-]. The van der Waals surface area contributed by atoms with Crippen LogP contribution in [0, 0.1) is 22.7 Å². The molecule has 90 heavy (non-hydrogen) atoms. The summed E-state index contributed by atoms with van der Waals surface area (Å²) in [6.07, 6.45) is 6.26. The Morgan fingerprint density at radius 3 is 1.27 bits per heavy atom. The Hall–Kier alpha value is -7.59. The van der Waals surface area contributed by atoms with E-state index in [1.807, 2.05) is 161 Å². The van der Waals surface area contributed by atoms with Gasteiger partial charge >= 0.3 is 24.8 Å². The van der Waals surface area contributed by atoms with Crippen LogP contribution in [0.25, 0.3) is 44.3 Å². The zero-order chi connectivity index (χ0) is 62.2. The summed E-state index contributed by atoms with van der Waals surface area (Å²) in [5, 5.41) is 1.62. The normalized spacial score (nSPS) is 19.0.